The van der Waals surface area contributed by atoms with E-state index in [4.69, 9.17) is 9.47 Å². The van der Waals surface area contributed by atoms with Crippen molar-refractivity contribution in [2.75, 3.05) is 12.5 Å². The van der Waals surface area contributed by atoms with E-state index in [0.29, 0.717) is 22.2 Å². The molecule has 1 aromatic heterocycles. The van der Waals surface area contributed by atoms with Crippen molar-refractivity contribution in [2.24, 2.45) is 0 Å². The van der Waals surface area contributed by atoms with E-state index in [9.17, 15) is 8.42 Å². The second kappa shape index (κ2) is 6.45. The number of nitrogens with zero attached hydrogens (tertiary/aromatic N) is 3. The van der Waals surface area contributed by atoms with E-state index >= 15 is 0 Å². The number of ether oxygens (including phenoxy) is 2. The van der Waals surface area contributed by atoms with Gasteiger partial charge in [-0.3, -0.25) is 0 Å². The second-order valence-corrected chi connectivity index (χ2v) is 8.12. The SMILES string of the molecule is Cc1ccc(S(=O)(=O)CCc2ncnn2-c2ccc3c(c2)OCO3)cc1. The van der Waals surface area contributed by atoms with Gasteiger partial charge in [0.05, 0.1) is 16.3 Å². The summed E-state index contributed by atoms with van der Waals surface area (Å²) in [5.41, 5.74) is 1.76. The van der Waals surface area contributed by atoms with Crippen LogP contribution >= 0.6 is 0 Å². The lowest BCUT2D eigenvalue weighted by molar-refractivity contribution is 0.174. The summed E-state index contributed by atoms with van der Waals surface area (Å²) < 4.78 is 37.4. The molecule has 4 rings (SSSR count). The van der Waals surface area contributed by atoms with Crippen LogP contribution in [-0.4, -0.2) is 35.7 Å². The number of sulfone groups is 1. The molecule has 1 aliphatic heterocycles. The van der Waals surface area contributed by atoms with Crippen LogP contribution in [0.5, 0.6) is 11.5 Å². The normalized spacial score (nSPS) is 13.1. The van der Waals surface area contributed by atoms with E-state index in [-0.39, 0.29) is 19.0 Å². The quantitative estimate of drug-likeness (QED) is 0.684. The minimum atomic E-state index is -3.39. The highest BCUT2D eigenvalue weighted by atomic mass is 32.2. The second-order valence-electron chi connectivity index (χ2n) is 6.01. The third-order valence-corrected chi connectivity index (χ3v) is 5.93. The molecule has 0 saturated heterocycles. The Bertz CT molecular complexity index is 1040. The summed E-state index contributed by atoms with van der Waals surface area (Å²) in [5, 5.41) is 4.21. The van der Waals surface area contributed by atoms with Crippen molar-refractivity contribution in [2.45, 2.75) is 18.2 Å². The number of benzene rings is 2. The lowest BCUT2D eigenvalue weighted by Crippen LogP contribution is -2.13. The molecule has 0 bridgehead atoms. The van der Waals surface area contributed by atoms with Gasteiger partial charge in [0.25, 0.3) is 0 Å². The molecule has 0 radical (unpaired) electrons. The molecule has 134 valence electrons. The Hall–Kier alpha value is -2.87. The Balaban J connectivity index is 1.55. The van der Waals surface area contributed by atoms with Crippen LogP contribution in [0.2, 0.25) is 0 Å². The van der Waals surface area contributed by atoms with Gasteiger partial charge in [0, 0.05) is 12.5 Å². The van der Waals surface area contributed by atoms with Crippen molar-refractivity contribution < 1.29 is 17.9 Å². The van der Waals surface area contributed by atoms with Gasteiger partial charge in [0.2, 0.25) is 6.79 Å². The Morgan fingerprint density at radius 2 is 1.85 bits per heavy atom. The number of hydrogen-bond donors (Lipinski definition) is 0. The molecule has 26 heavy (non-hydrogen) atoms. The number of fused-ring (bicyclic) bond motifs is 1. The predicted molar refractivity (Wildman–Crippen MR) is 94.4 cm³/mol. The van der Waals surface area contributed by atoms with Crippen LogP contribution in [0.1, 0.15) is 11.4 Å². The van der Waals surface area contributed by atoms with Crippen molar-refractivity contribution in [3.8, 4) is 17.2 Å². The molecule has 0 amide bonds. The van der Waals surface area contributed by atoms with Gasteiger partial charge >= 0.3 is 0 Å². The van der Waals surface area contributed by atoms with Gasteiger partial charge in [-0.05, 0) is 31.2 Å². The van der Waals surface area contributed by atoms with E-state index in [0.717, 1.165) is 11.3 Å². The van der Waals surface area contributed by atoms with Crippen molar-refractivity contribution >= 4 is 9.84 Å². The van der Waals surface area contributed by atoms with E-state index in [1.807, 2.05) is 13.0 Å². The van der Waals surface area contributed by atoms with Crippen LogP contribution < -0.4 is 9.47 Å². The molecule has 0 aliphatic carbocycles. The van der Waals surface area contributed by atoms with Gasteiger partial charge in [-0.1, -0.05) is 17.7 Å². The maximum absolute atomic E-state index is 12.5. The number of rotatable bonds is 5. The predicted octanol–water partition coefficient (Wildman–Crippen LogP) is 2.32. The van der Waals surface area contributed by atoms with Crippen molar-refractivity contribution in [1.82, 2.24) is 14.8 Å². The van der Waals surface area contributed by atoms with Gasteiger partial charge in [0.15, 0.2) is 21.3 Å². The topological polar surface area (TPSA) is 83.3 Å². The summed E-state index contributed by atoms with van der Waals surface area (Å²) >= 11 is 0. The smallest absolute Gasteiger partial charge is 0.231 e. The standard InChI is InChI=1S/C18H17N3O4S/c1-13-2-5-15(6-3-13)26(22,23)9-8-18-19-11-20-21(18)14-4-7-16-17(10-14)25-12-24-16/h2-7,10-11H,8-9,12H2,1H3. The summed E-state index contributed by atoms with van der Waals surface area (Å²) in [6.45, 7) is 2.11. The fourth-order valence-corrected chi connectivity index (χ4v) is 4.00. The summed E-state index contributed by atoms with van der Waals surface area (Å²) in [6.07, 6.45) is 1.67. The van der Waals surface area contributed by atoms with E-state index in [1.54, 1.807) is 41.1 Å². The molecule has 0 fully saturated rings. The fourth-order valence-electron chi connectivity index (χ4n) is 2.76. The van der Waals surface area contributed by atoms with Crippen LogP contribution in [0.3, 0.4) is 0 Å². The largest absolute Gasteiger partial charge is 0.454 e. The lowest BCUT2D eigenvalue weighted by atomic mass is 10.2. The molecule has 0 N–H and O–H groups in total. The maximum atomic E-state index is 12.5. The average Bonchev–Trinajstić information content (AvgIpc) is 3.28. The van der Waals surface area contributed by atoms with Crippen LogP contribution in [-0.2, 0) is 16.3 Å². The Morgan fingerprint density at radius 3 is 2.65 bits per heavy atom. The molecule has 1 aliphatic rings. The first-order chi connectivity index (χ1) is 12.5. The van der Waals surface area contributed by atoms with Gasteiger partial charge in [-0.25, -0.2) is 18.1 Å². The molecule has 8 heteroatoms. The van der Waals surface area contributed by atoms with Crippen LogP contribution in [0.4, 0.5) is 0 Å². The van der Waals surface area contributed by atoms with Crippen LogP contribution in [0, 0.1) is 6.92 Å². The molecule has 0 spiro atoms. The first kappa shape index (κ1) is 16.6. The van der Waals surface area contributed by atoms with E-state index in [1.165, 1.54) is 6.33 Å². The highest BCUT2D eigenvalue weighted by Gasteiger charge is 2.19. The molecule has 7 nitrogen and oxygen atoms in total. The molecular weight excluding hydrogens is 354 g/mol. The maximum Gasteiger partial charge on any atom is 0.231 e. The van der Waals surface area contributed by atoms with Crippen LogP contribution in [0.15, 0.2) is 53.7 Å². The Kier molecular flexibility index (Phi) is 4.12. The van der Waals surface area contributed by atoms with Gasteiger partial charge in [-0.15, -0.1) is 0 Å². The summed E-state index contributed by atoms with van der Waals surface area (Å²) in [6, 6.07) is 12.3. The molecule has 3 aromatic rings. The first-order valence-electron chi connectivity index (χ1n) is 8.11. The highest BCUT2D eigenvalue weighted by molar-refractivity contribution is 7.91. The fraction of sp³-hybridized carbons (Fsp3) is 0.222. The zero-order valence-electron chi connectivity index (χ0n) is 14.1. The van der Waals surface area contributed by atoms with Crippen LogP contribution in [0.25, 0.3) is 5.69 Å². The molecule has 0 unspecified atom stereocenters. The molecule has 2 heterocycles. The minimum absolute atomic E-state index is 0.0424. The van der Waals surface area contributed by atoms with Gasteiger partial charge in [0.1, 0.15) is 12.2 Å². The summed E-state index contributed by atoms with van der Waals surface area (Å²) in [7, 11) is -3.39. The third kappa shape index (κ3) is 3.15. The molecule has 2 aromatic carbocycles. The molecule has 0 atom stereocenters. The molecular formula is C18H17N3O4S. The van der Waals surface area contributed by atoms with E-state index < -0.39 is 9.84 Å². The average molecular weight is 371 g/mol. The number of aryl methyl sites for hydroxylation is 2. The Labute approximate surface area is 151 Å². The zero-order valence-corrected chi connectivity index (χ0v) is 14.9. The minimum Gasteiger partial charge on any atom is -0.454 e. The Morgan fingerprint density at radius 1 is 1.08 bits per heavy atom. The van der Waals surface area contributed by atoms with Crippen molar-refractivity contribution in [3.05, 3.63) is 60.2 Å². The van der Waals surface area contributed by atoms with E-state index in [2.05, 4.69) is 10.1 Å². The summed E-state index contributed by atoms with van der Waals surface area (Å²) in [5.74, 6) is 1.84. The van der Waals surface area contributed by atoms with Crippen molar-refractivity contribution in [1.29, 1.82) is 0 Å². The van der Waals surface area contributed by atoms with Gasteiger partial charge in [-0.2, -0.15) is 5.10 Å². The monoisotopic (exact) mass is 371 g/mol. The molecule has 0 saturated carbocycles. The first-order valence-corrected chi connectivity index (χ1v) is 9.76. The number of aromatic nitrogens is 3. The van der Waals surface area contributed by atoms with Gasteiger partial charge < -0.3 is 9.47 Å². The highest BCUT2D eigenvalue weighted by Crippen LogP contribution is 2.33. The number of hydrogen-bond acceptors (Lipinski definition) is 6. The van der Waals surface area contributed by atoms with Crippen molar-refractivity contribution in [3.63, 3.8) is 0 Å². The summed E-state index contributed by atoms with van der Waals surface area (Å²) in [4.78, 5) is 4.53. The zero-order chi connectivity index (χ0) is 18.1. The third-order valence-electron chi connectivity index (χ3n) is 4.19. The lowest BCUT2D eigenvalue weighted by Gasteiger charge is -2.08.